The Hall–Kier alpha value is -0.200. The van der Waals surface area contributed by atoms with Gasteiger partial charge in [-0.1, -0.05) is 22.0 Å². The summed E-state index contributed by atoms with van der Waals surface area (Å²) < 4.78 is 20.1. The summed E-state index contributed by atoms with van der Waals surface area (Å²) in [5, 5.41) is 0. The minimum atomic E-state index is -0.168. The molecule has 6 heteroatoms. The van der Waals surface area contributed by atoms with Gasteiger partial charge in [-0.05, 0) is 25.0 Å². The van der Waals surface area contributed by atoms with E-state index in [2.05, 4.69) is 20.8 Å². The highest BCUT2D eigenvalue weighted by molar-refractivity contribution is 9.10. The standard InChI is InChI=1S/C14H20BrFN2O.ClH/c1-19-11-5-6-18(10(7-11)8-17)9-12-13(15)3-2-4-14(12)16;/h2-4,10-11H,5-9,17H2,1H3;1H. The van der Waals surface area contributed by atoms with Crippen LogP contribution in [0.4, 0.5) is 4.39 Å². The van der Waals surface area contributed by atoms with Crippen molar-refractivity contribution in [2.24, 2.45) is 5.73 Å². The minimum absolute atomic E-state index is 0. The van der Waals surface area contributed by atoms with Crippen LogP contribution in [0.2, 0.25) is 0 Å². The van der Waals surface area contributed by atoms with Crippen LogP contribution in [0.1, 0.15) is 18.4 Å². The van der Waals surface area contributed by atoms with Crippen molar-refractivity contribution in [3.8, 4) is 0 Å². The lowest BCUT2D eigenvalue weighted by molar-refractivity contribution is 0.00980. The Labute approximate surface area is 134 Å². The minimum Gasteiger partial charge on any atom is -0.381 e. The largest absolute Gasteiger partial charge is 0.381 e. The molecular formula is C14H21BrClFN2O. The number of ether oxygens (including phenoxy) is 1. The Kier molecular flexibility index (Phi) is 7.40. The normalized spacial score (nSPS) is 23.4. The molecule has 2 N–H and O–H groups in total. The lowest BCUT2D eigenvalue weighted by Crippen LogP contribution is -2.48. The molecule has 0 aromatic heterocycles. The zero-order valence-electron chi connectivity index (χ0n) is 11.5. The zero-order chi connectivity index (χ0) is 13.8. The maximum absolute atomic E-state index is 13.9. The number of benzene rings is 1. The van der Waals surface area contributed by atoms with Crippen molar-refractivity contribution >= 4 is 28.3 Å². The predicted octanol–water partition coefficient (Wildman–Crippen LogP) is 2.95. The number of nitrogens with two attached hydrogens (primary N) is 1. The van der Waals surface area contributed by atoms with Crippen LogP contribution in [0, 0.1) is 5.82 Å². The molecule has 0 spiro atoms. The molecule has 0 amide bonds. The van der Waals surface area contributed by atoms with Crippen molar-refractivity contribution in [1.29, 1.82) is 0 Å². The third-order valence-corrected chi connectivity index (χ3v) is 4.56. The quantitative estimate of drug-likeness (QED) is 0.889. The van der Waals surface area contributed by atoms with Crippen molar-refractivity contribution in [3.05, 3.63) is 34.1 Å². The molecule has 1 heterocycles. The molecule has 0 bridgehead atoms. The summed E-state index contributed by atoms with van der Waals surface area (Å²) in [5.41, 5.74) is 6.54. The monoisotopic (exact) mass is 366 g/mol. The Bertz CT molecular complexity index is 415. The summed E-state index contributed by atoms with van der Waals surface area (Å²) in [6.07, 6.45) is 2.16. The average molecular weight is 368 g/mol. The molecule has 114 valence electrons. The number of piperidine rings is 1. The fourth-order valence-corrected chi connectivity index (χ4v) is 3.08. The highest BCUT2D eigenvalue weighted by atomic mass is 79.9. The molecule has 0 saturated carbocycles. The van der Waals surface area contributed by atoms with E-state index >= 15 is 0 Å². The van der Waals surface area contributed by atoms with Crippen LogP contribution in [0.5, 0.6) is 0 Å². The molecule has 2 rings (SSSR count). The lowest BCUT2D eigenvalue weighted by Gasteiger charge is -2.38. The van der Waals surface area contributed by atoms with E-state index in [1.807, 2.05) is 6.07 Å². The average Bonchev–Trinajstić information content (AvgIpc) is 2.43. The van der Waals surface area contributed by atoms with Gasteiger partial charge in [-0.2, -0.15) is 0 Å². The van der Waals surface area contributed by atoms with Gasteiger partial charge in [0.1, 0.15) is 5.82 Å². The Morgan fingerprint density at radius 2 is 2.25 bits per heavy atom. The van der Waals surface area contributed by atoms with Gasteiger partial charge in [-0.3, -0.25) is 4.90 Å². The molecule has 20 heavy (non-hydrogen) atoms. The third-order valence-electron chi connectivity index (χ3n) is 3.82. The summed E-state index contributed by atoms with van der Waals surface area (Å²) >= 11 is 3.42. The van der Waals surface area contributed by atoms with E-state index in [1.54, 1.807) is 13.2 Å². The molecule has 2 unspecified atom stereocenters. The summed E-state index contributed by atoms with van der Waals surface area (Å²) in [6, 6.07) is 5.34. The van der Waals surface area contributed by atoms with Gasteiger partial charge in [-0.15, -0.1) is 12.4 Å². The van der Waals surface area contributed by atoms with Gasteiger partial charge in [0.15, 0.2) is 0 Å². The second-order valence-corrected chi connectivity index (χ2v) is 5.80. The van der Waals surface area contributed by atoms with Crippen molar-refractivity contribution in [3.63, 3.8) is 0 Å². The molecule has 2 atom stereocenters. The lowest BCUT2D eigenvalue weighted by atomic mass is 9.98. The molecule has 1 aromatic carbocycles. The second kappa shape index (κ2) is 8.29. The Balaban J connectivity index is 0.00000200. The van der Waals surface area contributed by atoms with E-state index in [-0.39, 0.29) is 30.4 Å². The van der Waals surface area contributed by atoms with E-state index in [0.717, 1.165) is 23.9 Å². The Morgan fingerprint density at radius 1 is 1.50 bits per heavy atom. The van der Waals surface area contributed by atoms with E-state index in [9.17, 15) is 4.39 Å². The fraction of sp³-hybridized carbons (Fsp3) is 0.571. The number of nitrogens with zero attached hydrogens (tertiary/aromatic N) is 1. The molecule has 3 nitrogen and oxygen atoms in total. The number of methoxy groups -OCH3 is 1. The maximum atomic E-state index is 13.9. The van der Waals surface area contributed by atoms with Crippen LogP contribution < -0.4 is 5.73 Å². The first-order valence-electron chi connectivity index (χ1n) is 6.55. The predicted molar refractivity (Wildman–Crippen MR) is 84.6 cm³/mol. The number of hydrogen-bond acceptors (Lipinski definition) is 3. The van der Waals surface area contributed by atoms with E-state index < -0.39 is 0 Å². The third kappa shape index (κ3) is 4.15. The van der Waals surface area contributed by atoms with Crippen LogP contribution in [0.15, 0.2) is 22.7 Å². The number of likely N-dealkylation sites (tertiary alicyclic amines) is 1. The van der Waals surface area contributed by atoms with Crippen molar-refractivity contribution < 1.29 is 9.13 Å². The van der Waals surface area contributed by atoms with Crippen molar-refractivity contribution in [2.45, 2.75) is 31.5 Å². The van der Waals surface area contributed by atoms with Gasteiger partial charge in [0.2, 0.25) is 0 Å². The molecule has 1 aliphatic rings. The smallest absolute Gasteiger partial charge is 0.128 e. The van der Waals surface area contributed by atoms with Crippen molar-refractivity contribution in [1.82, 2.24) is 4.90 Å². The first-order chi connectivity index (χ1) is 9.15. The molecule has 1 aliphatic heterocycles. The second-order valence-electron chi connectivity index (χ2n) is 4.94. The van der Waals surface area contributed by atoms with Crippen LogP contribution in [-0.4, -0.2) is 37.2 Å². The molecule has 1 saturated heterocycles. The molecule has 0 aliphatic carbocycles. The van der Waals surface area contributed by atoms with E-state index in [1.165, 1.54) is 6.07 Å². The number of rotatable bonds is 4. The van der Waals surface area contributed by atoms with Gasteiger partial charge >= 0.3 is 0 Å². The zero-order valence-corrected chi connectivity index (χ0v) is 13.9. The molecule has 0 radical (unpaired) electrons. The maximum Gasteiger partial charge on any atom is 0.128 e. The molecular weight excluding hydrogens is 347 g/mol. The van der Waals surface area contributed by atoms with Crippen LogP contribution >= 0.6 is 28.3 Å². The number of hydrogen-bond donors (Lipinski definition) is 1. The van der Waals surface area contributed by atoms with Gasteiger partial charge in [0, 0.05) is 42.8 Å². The SMILES string of the molecule is COC1CCN(Cc2c(F)cccc2Br)C(CN)C1.Cl. The number of halogens is 3. The molecule has 1 aromatic rings. The molecule has 1 fully saturated rings. The van der Waals surface area contributed by atoms with E-state index in [0.29, 0.717) is 18.7 Å². The van der Waals surface area contributed by atoms with Crippen molar-refractivity contribution in [2.75, 3.05) is 20.2 Å². The highest BCUT2D eigenvalue weighted by Crippen LogP contribution is 2.26. The van der Waals surface area contributed by atoms with E-state index in [4.69, 9.17) is 10.5 Å². The fourth-order valence-electron chi connectivity index (χ4n) is 2.62. The van der Waals surface area contributed by atoms with Crippen LogP contribution in [-0.2, 0) is 11.3 Å². The summed E-state index contributed by atoms with van der Waals surface area (Å²) in [5.74, 6) is -0.168. The van der Waals surface area contributed by atoms with Gasteiger partial charge in [0.25, 0.3) is 0 Å². The topological polar surface area (TPSA) is 38.5 Å². The summed E-state index contributed by atoms with van der Waals surface area (Å²) in [6.45, 7) is 2.05. The van der Waals surface area contributed by atoms with Gasteiger partial charge in [0.05, 0.1) is 6.10 Å². The van der Waals surface area contributed by atoms with Crippen LogP contribution in [0.25, 0.3) is 0 Å². The Morgan fingerprint density at radius 3 is 2.85 bits per heavy atom. The first-order valence-corrected chi connectivity index (χ1v) is 7.34. The van der Waals surface area contributed by atoms with Crippen LogP contribution in [0.3, 0.4) is 0 Å². The van der Waals surface area contributed by atoms with Gasteiger partial charge in [-0.25, -0.2) is 4.39 Å². The summed E-state index contributed by atoms with van der Waals surface area (Å²) in [7, 11) is 1.74. The highest BCUT2D eigenvalue weighted by Gasteiger charge is 2.28. The summed E-state index contributed by atoms with van der Waals surface area (Å²) in [4.78, 5) is 2.25. The van der Waals surface area contributed by atoms with Gasteiger partial charge < -0.3 is 10.5 Å². The first kappa shape index (κ1) is 17.9.